The highest BCUT2D eigenvalue weighted by Crippen LogP contribution is 2.30. The highest BCUT2D eigenvalue weighted by molar-refractivity contribution is 5.70. The lowest BCUT2D eigenvalue weighted by Crippen LogP contribution is -1.99. The Labute approximate surface area is 92.3 Å². The van der Waals surface area contributed by atoms with Crippen LogP contribution in [-0.4, -0.2) is 0 Å². The number of rotatable bonds is 3. The summed E-state index contributed by atoms with van der Waals surface area (Å²) in [6.45, 7) is 6.07. The topological polar surface area (TPSA) is 0 Å². The minimum atomic E-state index is 1.11. The van der Waals surface area contributed by atoms with Crippen molar-refractivity contribution in [2.24, 2.45) is 0 Å². The van der Waals surface area contributed by atoms with Gasteiger partial charge in [0.05, 0.1) is 0 Å². The average Bonchev–Trinajstić information content (AvgIpc) is 2.26. The molecule has 0 nitrogen and oxygen atoms in total. The lowest BCUT2D eigenvalue weighted by atomic mass is 9.88. The predicted octanol–water partition coefficient (Wildman–Crippen LogP) is 4.37. The van der Waals surface area contributed by atoms with E-state index in [0.717, 1.165) is 12.8 Å². The fourth-order valence-corrected chi connectivity index (χ4v) is 2.15. The van der Waals surface area contributed by atoms with E-state index in [1.54, 1.807) is 0 Å². The fourth-order valence-electron chi connectivity index (χ4n) is 2.15. The first-order chi connectivity index (χ1) is 7.27. The van der Waals surface area contributed by atoms with Gasteiger partial charge in [0.25, 0.3) is 0 Å². The molecule has 1 aliphatic carbocycles. The standard InChI is InChI=1S/C15H18/c1-12(2)10-11-14-8-5-7-13-6-3-4-9-15(13)14/h3-4,6,8-9H,1,5,7,10-11H2,2H3. The van der Waals surface area contributed by atoms with E-state index in [4.69, 9.17) is 0 Å². The van der Waals surface area contributed by atoms with Gasteiger partial charge in [0.1, 0.15) is 0 Å². The van der Waals surface area contributed by atoms with Crippen molar-refractivity contribution in [3.63, 3.8) is 0 Å². The molecule has 0 aromatic heterocycles. The summed E-state index contributed by atoms with van der Waals surface area (Å²) in [5, 5.41) is 0. The fraction of sp³-hybridized carbons (Fsp3) is 0.333. The van der Waals surface area contributed by atoms with Crippen LogP contribution in [0.25, 0.3) is 5.57 Å². The van der Waals surface area contributed by atoms with E-state index in [9.17, 15) is 0 Å². The summed E-state index contributed by atoms with van der Waals surface area (Å²) in [4.78, 5) is 0. The molecule has 78 valence electrons. The van der Waals surface area contributed by atoms with Gasteiger partial charge in [-0.1, -0.05) is 35.9 Å². The Morgan fingerprint density at radius 2 is 2.13 bits per heavy atom. The van der Waals surface area contributed by atoms with E-state index in [2.05, 4.69) is 43.8 Å². The zero-order chi connectivity index (χ0) is 10.7. The first-order valence-electron chi connectivity index (χ1n) is 5.69. The van der Waals surface area contributed by atoms with Gasteiger partial charge in [0, 0.05) is 0 Å². The number of hydrogen-bond donors (Lipinski definition) is 0. The summed E-state index contributed by atoms with van der Waals surface area (Å²) in [7, 11) is 0. The smallest absolute Gasteiger partial charge is 0.0195 e. The van der Waals surface area contributed by atoms with Crippen molar-refractivity contribution in [3.8, 4) is 0 Å². The van der Waals surface area contributed by atoms with Crippen LogP contribution in [0.3, 0.4) is 0 Å². The van der Waals surface area contributed by atoms with Crippen molar-refractivity contribution in [3.05, 3.63) is 53.6 Å². The molecule has 0 saturated heterocycles. The average molecular weight is 198 g/mol. The van der Waals surface area contributed by atoms with Crippen LogP contribution in [-0.2, 0) is 6.42 Å². The molecule has 0 heterocycles. The maximum atomic E-state index is 3.97. The van der Waals surface area contributed by atoms with Gasteiger partial charge in [-0.3, -0.25) is 0 Å². The Morgan fingerprint density at radius 1 is 1.33 bits per heavy atom. The van der Waals surface area contributed by atoms with Gasteiger partial charge in [0.15, 0.2) is 0 Å². The molecule has 0 fully saturated rings. The summed E-state index contributed by atoms with van der Waals surface area (Å²) in [5.74, 6) is 0. The van der Waals surface area contributed by atoms with Gasteiger partial charge < -0.3 is 0 Å². The van der Waals surface area contributed by atoms with Crippen molar-refractivity contribution in [1.82, 2.24) is 0 Å². The van der Waals surface area contributed by atoms with Crippen molar-refractivity contribution in [1.29, 1.82) is 0 Å². The third-order valence-corrected chi connectivity index (χ3v) is 2.99. The Balaban J connectivity index is 2.19. The molecule has 2 rings (SSSR count). The van der Waals surface area contributed by atoms with Gasteiger partial charge in [-0.25, -0.2) is 0 Å². The molecular weight excluding hydrogens is 180 g/mol. The second-order valence-corrected chi connectivity index (χ2v) is 4.38. The van der Waals surface area contributed by atoms with Gasteiger partial charge in [-0.05, 0) is 49.3 Å². The summed E-state index contributed by atoms with van der Waals surface area (Å²) in [5.41, 5.74) is 5.76. The van der Waals surface area contributed by atoms with E-state index >= 15 is 0 Å². The lowest BCUT2D eigenvalue weighted by Gasteiger charge is -2.17. The molecular formula is C15H18. The third kappa shape index (κ3) is 2.38. The van der Waals surface area contributed by atoms with Crippen molar-refractivity contribution in [2.45, 2.75) is 32.6 Å². The molecule has 0 bridgehead atoms. The number of allylic oxidation sites excluding steroid dienone is 3. The predicted molar refractivity (Wildman–Crippen MR) is 66.8 cm³/mol. The van der Waals surface area contributed by atoms with Crippen molar-refractivity contribution >= 4 is 5.57 Å². The minimum Gasteiger partial charge on any atom is -0.100 e. The number of benzene rings is 1. The maximum absolute atomic E-state index is 3.97. The van der Waals surface area contributed by atoms with E-state index in [1.807, 2.05) is 0 Å². The molecule has 15 heavy (non-hydrogen) atoms. The summed E-state index contributed by atoms with van der Waals surface area (Å²) in [6.07, 6.45) is 7.05. The molecule has 1 aromatic rings. The molecule has 0 unspecified atom stereocenters. The largest absolute Gasteiger partial charge is 0.100 e. The summed E-state index contributed by atoms with van der Waals surface area (Å²) >= 11 is 0. The molecule has 1 aliphatic rings. The number of fused-ring (bicyclic) bond motifs is 1. The van der Waals surface area contributed by atoms with Gasteiger partial charge >= 0.3 is 0 Å². The minimum absolute atomic E-state index is 1.11. The Bertz CT molecular complexity index is 396. The zero-order valence-corrected chi connectivity index (χ0v) is 9.42. The van der Waals surface area contributed by atoms with E-state index in [1.165, 1.54) is 35.1 Å². The first-order valence-corrected chi connectivity index (χ1v) is 5.69. The second-order valence-electron chi connectivity index (χ2n) is 4.38. The molecule has 0 heteroatoms. The summed E-state index contributed by atoms with van der Waals surface area (Å²) in [6, 6.07) is 8.78. The molecule has 0 N–H and O–H groups in total. The zero-order valence-electron chi connectivity index (χ0n) is 9.42. The molecule has 0 atom stereocenters. The molecule has 0 spiro atoms. The molecule has 0 amide bonds. The molecule has 0 aliphatic heterocycles. The van der Waals surface area contributed by atoms with Gasteiger partial charge in [-0.15, -0.1) is 6.58 Å². The van der Waals surface area contributed by atoms with Gasteiger partial charge in [0.2, 0.25) is 0 Å². The Hall–Kier alpha value is -1.30. The first kappa shape index (κ1) is 10.2. The van der Waals surface area contributed by atoms with Crippen LogP contribution in [0, 0.1) is 0 Å². The van der Waals surface area contributed by atoms with Crippen LogP contribution in [0.2, 0.25) is 0 Å². The van der Waals surface area contributed by atoms with Crippen LogP contribution < -0.4 is 0 Å². The van der Waals surface area contributed by atoms with E-state index in [-0.39, 0.29) is 0 Å². The SMILES string of the molecule is C=C(C)CCC1=CCCc2ccccc21. The molecule has 1 aromatic carbocycles. The molecule has 0 radical (unpaired) electrons. The van der Waals surface area contributed by atoms with Crippen LogP contribution in [0.1, 0.15) is 37.3 Å². The monoisotopic (exact) mass is 198 g/mol. The van der Waals surface area contributed by atoms with E-state index in [0.29, 0.717) is 0 Å². The quantitative estimate of drug-likeness (QED) is 0.632. The van der Waals surface area contributed by atoms with E-state index < -0.39 is 0 Å². The number of aryl methyl sites for hydroxylation is 1. The second kappa shape index (κ2) is 4.48. The van der Waals surface area contributed by atoms with Crippen molar-refractivity contribution < 1.29 is 0 Å². The van der Waals surface area contributed by atoms with Crippen LogP contribution in [0.4, 0.5) is 0 Å². The lowest BCUT2D eigenvalue weighted by molar-refractivity contribution is 0.931. The highest BCUT2D eigenvalue weighted by atomic mass is 14.2. The molecule has 0 saturated carbocycles. The summed E-state index contributed by atoms with van der Waals surface area (Å²) < 4.78 is 0. The van der Waals surface area contributed by atoms with Gasteiger partial charge in [-0.2, -0.15) is 0 Å². The maximum Gasteiger partial charge on any atom is -0.0195 e. The Morgan fingerprint density at radius 3 is 2.93 bits per heavy atom. The highest BCUT2D eigenvalue weighted by Gasteiger charge is 2.10. The number of hydrogen-bond acceptors (Lipinski definition) is 0. The van der Waals surface area contributed by atoms with Crippen LogP contribution >= 0.6 is 0 Å². The normalized spacial score (nSPS) is 14.3. The Kier molecular flexibility index (Phi) is 3.05. The third-order valence-electron chi connectivity index (χ3n) is 2.99. The van der Waals surface area contributed by atoms with Crippen LogP contribution in [0.15, 0.2) is 42.5 Å². The van der Waals surface area contributed by atoms with Crippen LogP contribution in [0.5, 0.6) is 0 Å². The van der Waals surface area contributed by atoms with Crippen molar-refractivity contribution in [2.75, 3.05) is 0 Å².